The quantitative estimate of drug-likeness (QED) is 0.571. The Morgan fingerprint density at radius 1 is 1.09 bits per heavy atom. The van der Waals surface area contributed by atoms with E-state index in [1.807, 2.05) is 0 Å². The van der Waals surface area contributed by atoms with E-state index in [0.717, 1.165) is 5.54 Å². The summed E-state index contributed by atoms with van der Waals surface area (Å²) in [5.74, 6) is 0. The average Bonchev–Trinajstić information content (AvgIpc) is 2.13. The largest absolute Gasteiger partial charge is 4.00 e. The van der Waals surface area contributed by atoms with Crippen LogP contribution in [0.5, 0.6) is 0 Å². The van der Waals surface area contributed by atoms with Crippen molar-refractivity contribution in [1.29, 1.82) is 0 Å². The van der Waals surface area contributed by atoms with Crippen molar-refractivity contribution < 1.29 is 21.7 Å². The molecular formula is C9H16SiTi+4. The van der Waals surface area contributed by atoms with E-state index in [9.17, 15) is 0 Å². The van der Waals surface area contributed by atoms with Gasteiger partial charge in [-0.3, -0.25) is 0 Å². The van der Waals surface area contributed by atoms with E-state index in [0.29, 0.717) is 0 Å². The minimum absolute atomic E-state index is 0. The van der Waals surface area contributed by atoms with Gasteiger partial charge in [0, 0.05) is 8.80 Å². The van der Waals surface area contributed by atoms with Crippen LogP contribution in [0.2, 0.25) is 18.6 Å². The molecule has 0 unspecified atom stereocenters. The van der Waals surface area contributed by atoms with Crippen LogP contribution in [-0.2, 0) is 21.7 Å². The maximum Gasteiger partial charge on any atom is 4.00 e. The molecule has 0 amide bonds. The summed E-state index contributed by atoms with van der Waals surface area (Å²) >= 11 is 0. The number of allylic oxidation sites excluding steroid dienone is 4. The maximum atomic E-state index is 2.42. The second-order valence-electron chi connectivity index (χ2n) is 3.52. The van der Waals surface area contributed by atoms with E-state index in [-0.39, 0.29) is 21.7 Å². The number of rotatable bonds is 1. The van der Waals surface area contributed by atoms with Crippen LogP contribution in [0, 0.1) is 0 Å². The van der Waals surface area contributed by atoms with Crippen LogP contribution in [0.4, 0.5) is 0 Å². The van der Waals surface area contributed by atoms with Gasteiger partial charge in [0.2, 0.25) is 0 Å². The molecule has 0 fully saturated rings. The van der Waals surface area contributed by atoms with Crippen molar-refractivity contribution in [2.75, 3.05) is 0 Å². The van der Waals surface area contributed by atoms with Crippen molar-refractivity contribution in [3.8, 4) is 0 Å². The molecule has 11 heavy (non-hydrogen) atoms. The van der Waals surface area contributed by atoms with E-state index in [1.54, 1.807) is 0 Å². The predicted octanol–water partition coefficient (Wildman–Crippen LogP) is 2.75. The van der Waals surface area contributed by atoms with Crippen LogP contribution in [-0.4, -0.2) is 8.80 Å². The standard InChI is InChI=1S/C9H16Si.Ti/c1-7-5-9(10(3)4)6-8(7)2;/h5-6,9-10H,1-4H3;/q;+4. The van der Waals surface area contributed by atoms with Gasteiger partial charge in [0.1, 0.15) is 0 Å². The molecule has 1 aliphatic rings. The Morgan fingerprint density at radius 3 is 1.64 bits per heavy atom. The van der Waals surface area contributed by atoms with E-state index in [1.165, 1.54) is 11.1 Å². The molecule has 0 atom stereocenters. The van der Waals surface area contributed by atoms with E-state index < -0.39 is 8.80 Å². The Balaban J connectivity index is 0.000001000. The molecule has 0 aromatic rings. The molecule has 2 heteroatoms. The van der Waals surface area contributed by atoms with Crippen LogP contribution in [0.3, 0.4) is 0 Å². The summed E-state index contributed by atoms with van der Waals surface area (Å²) < 4.78 is 0. The number of hydrogen-bond donors (Lipinski definition) is 0. The Labute approximate surface area is 86.3 Å². The third-order valence-electron chi connectivity index (χ3n) is 2.28. The first-order chi connectivity index (χ1) is 4.61. The van der Waals surface area contributed by atoms with Gasteiger partial charge in [-0.1, -0.05) is 36.4 Å². The molecule has 0 saturated heterocycles. The third-order valence-corrected chi connectivity index (χ3v) is 4.20. The van der Waals surface area contributed by atoms with Gasteiger partial charge in [0.05, 0.1) is 0 Å². The topological polar surface area (TPSA) is 0 Å². The van der Waals surface area contributed by atoms with Crippen LogP contribution in [0.1, 0.15) is 13.8 Å². The van der Waals surface area contributed by atoms with Gasteiger partial charge in [-0.15, -0.1) is 0 Å². The molecule has 0 aromatic carbocycles. The third kappa shape index (κ3) is 2.73. The molecule has 1 aliphatic carbocycles. The Kier molecular flexibility index (Phi) is 4.61. The fourth-order valence-corrected chi connectivity index (χ4v) is 2.62. The molecule has 0 spiro atoms. The van der Waals surface area contributed by atoms with Gasteiger partial charge >= 0.3 is 21.7 Å². The zero-order valence-electron chi connectivity index (χ0n) is 7.81. The summed E-state index contributed by atoms with van der Waals surface area (Å²) in [6.07, 6.45) is 4.85. The predicted molar refractivity (Wildman–Crippen MR) is 50.1 cm³/mol. The summed E-state index contributed by atoms with van der Waals surface area (Å²) in [5, 5.41) is 0. The first kappa shape index (κ1) is 11.4. The molecule has 0 aromatic heterocycles. The Hall–Kier alpha value is 0.411. The monoisotopic (exact) mass is 200 g/mol. The van der Waals surface area contributed by atoms with E-state index in [4.69, 9.17) is 0 Å². The van der Waals surface area contributed by atoms with Gasteiger partial charge in [0.15, 0.2) is 0 Å². The minimum atomic E-state index is -0.453. The first-order valence-corrected chi connectivity index (χ1v) is 6.96. The van der Waals surface area contributed by atoms with Gasteiger partial charge < -0.3 is 0 Å². The maximum absolute atomic E-state index is 2.42. The molecule has 56 valence electrons. The zero-order valence-corrected chi connectivity index (χ0v) is 10.5. The van der Waals surface area contributed by atoms with Crippen LogP contribution in [0.15, 0.2) is 23.3 Å². The van der Waals surface area contributed by atoms with E-state index >= 15 is 0 Å². The van der Waals surface area contributed by atoms with Gasteiger partial charge in [-0.05, 0) is 19.4 Å². The molecule has 0 N–H and O–H groups in total. The van der Waals surface area contributed by atoms with Gasteiger partial charge in [-0.2, -0.15) is 0 Å². The molecule has 0 nitrogen and oxygen atoms in total. The van der Waals surface area contributed by atoms with Crippen LogP contribution < -0.4 is 0 Å². The molecule has 0 bridgehead atoms. The smallest absolute Gasteiger partial charge is 0.0775 e. The Bertz CT molecular complexity index is 174. The Morgan fingerprint density at radius 2 is 1.45 bits per heavy atom. The molecule has 0 radical (unpaired) electrons. The van der Waals surface area contributed by atoms with Crippen molar-refractivity contribution in [3.63, 3.8) is 0 Å². The zero-order chi connectivity index (χ0) is 7.72. The van der Waals surface area contributed by atoms with E-state index in [2.05, 4.69) is 39.1 Å². The summed E-state index contributed by atoms with van der Waals surface area (Å²) in [7, 11) is -0.453. The van der Waals surface area contributed by atoms with Crippen molar-refractivity contribution in [3.05, 3.63) is 23.3 Å². The summed E-state index contributed by atoms with van der Waals surface area (Å²) in [4.78, 5) is 0. The molecular weight excluding hydrogens is 184 g/mol. The van der Waals surface area contributed by atoms with Crippen molar-refractivity contribution in [1.82, 2.24) is 0 Å². The second kappa shape index (κ2) is 4.44. The van der Waals surface area contributed by atoms with Crippen molar-refractivity contribution in [2.24, 2.45) is 0 Å². The minimum Gasteiger partial charge on any atom is -0.0775 e. The van der Waals surface area contributed by atoms with Crippen LogP contribution in [0.25, 0.3) is 0 Å². The molecule has 0 aliphatic heterocycles. The second-order valence-corrected chi connectivity index (χ2v) is 6.78. The number of hydrogen-bond acceptors (Lipinski definition) is 0. The first-order valence-electron chi connectivity index (χ1n) is 3.98. The summed E-state index contributed by atoms with van der Waals surface area (Å²) in [5.41, 5.74) is 3.82. The summed E-state index contributed by atoms with van der Waals surface area (Å²) in [6.45, 7) is 9.23. The van der Waals surface area contributed by atoms with Gasteiger partial charge in [0.25, 0.3) is 0 Å². The SMILES string of the molecule is CC1=CC([SiH](C)C)C=C1C.[Ti+4]. The molecule has 0 saturated carbocycles. The normalized spacial score (nSPS) is 17.9. The fraction of sp³-hybridized carbons (Fsp3) is 0.556. The average molecular weight is 200 g/mol. The fourth-order valence-electron chi connectivity index (χ4n) is 1.27. The van der Waals surface area contributed by atoms with Crippen molar-refractivity contribution >= 4 is 8.80 Å². The molecule has 0 heterocycles. The van der Waals surface area contributed by atoms with Crippen LogP contribution >= 0.6 is 0 Å². The van der Waals surface area contributed by atoms with Gasteiger partial charge in [-0.25, -0.2) is 0 Å². The van der Waals surface area contributed by atoms with Crippen molar-refractivity contribution in [2.45, 2.75) is 32.5 Å². The summed E-state index contributed by atoms with van der Waals surface area (Å²) in [6, 6.07) is 0. The molecule has 1 rings (SSSR count).